The number of nitrogens with zero attached hydrogens (tertiary/aromatic N) is 3. The van der Waals surface area contributed by atoms with E-state index in [4.69, 9.17) is 0 Å². The van der Waals surface area contributed by atoms with Crippen LogP contribution >= 0.6 is 0 Å². The Hall–Kier alpha value is -2.58. The molecule has 0 aromatic carbocycles. The number of carbonyl (C=O) groups is 1. The summed E-state index contributed by atoms with van der Waals surface area (Å²) < 4.78 is 38.5. The van der Waals surface area contributed by atoms with Crippen molar-refractivity contribution in [2.45, 2.75) is 20.0 Å². The minimum atomic E-state index is -4.57. The number of aromatic nitrogens is 3. The van der Waals surface area contributed by atoms with Gasteiger partial charge in [-0.25, -0.2) is 4.98 Å². The summed E-state index contributed by atoms with van der Waals surface area (Å²) in [6, 6.07) is 1.76. The number of aromatic amines is 1. The van der Waals surface area contributed by atoms with Gasteiger partial charge in [-0.3, -0.25) is 9.89 Å². The Kier molecular flexibility index (Phi) is 3.50. The molecule has 1 aliphatic rings. The van der Waals surface area contributed by atoms with Gasteiger partial charge in [0, 0.05) is 24.8 Å². The van der Waals surface area contributed by atoms with E-state index in [-0.39, 0.29) is 11.3 Å². The number of fused-ring (bicyclic) bond motifs is 1. The van der Waals surface area contributed by atoms with Gasteiger partial charge in [0.1, 0.15) is 11.5 Å². The van der Waals surface area contributed by atoms with E-state index >= 15 is 0 Å². The van der Waals surface area contributed by atoms with E-state index in [2.05, 4.69) is 15.4 Å². The van der Waals surface area contributed by atoms with Crippen molar-refractivity contribution in [3.05, 3.63) is 34.8 Å². The van der Waals surface area contributed by atoms with Gasteiger partial charge in [0.2, 0.25) is 0 Å². The summed E-state index contributed by atoms with van der Waals surface area (Å²) in [5.41, 5.74) is -0.0503. The molecular formula is C14H14F3N5O. The van der Waals surface area contributed by atoms with Crippen LogP contribution in [0.1, 0.15) is 27.3 Å². The van der Waals surface area contributed by atoms with Gasteiger partial charge in [0.15, 0.2) is 5.69 Å². The number of rotatable bonds is 1. The number of amides is 1. The zero-order chi connectivity index (χ0) is 16.8. The van der Waals surface area contributed by atoms with Crippen molar-refractivity contribution in [1.82, 2.24) is 15.2 Å². The maximum absolute atomic E-state index is 12.8. The number of hydrogen-bond acceptors (Lipinski definition) is 4. The average Bonchev–Trinajstić information content (AvgIpc) is 2.87. The van der Waals surface area contributed by atoms with E-state index in [9.17, 15) is 18.0 Å². The number of halogens is 3. The normalized spacial score (nSPS) is 14.4. The van der Waals surface area contributed by atoms with Crippen LogP contribution in [0.2, 0.25) is 0 Å². The molecule has 0 saturated carbocycles. The van der Waals surface area contributed by atoms with Gasteiger partial charge in [-0.15, -0.1) is 0 Å². The minimum Gasteiger partial charge on any atom is -0.367 e. The second-order valence-electron chi connectivity index (χ2n) is 5.33. The highest BCUT2D eigenvalue weighted by Crippen LogP contribution is 2.33. The first-order valence-corrected chi connectivity index (χ1v) is 6.93. The second kappa shape index (κ2) is 5.25. The van der Waals surface area contributed by atoms with Crippen LogP contribution in [0.4, 0.5) is 24.7 Å². The molecule has 9 heteroatoms. The monoisotopic (exact) mass is 325 g/mol. The highest BCUT2D eigenvalue weighted by atomic mass is 19.4. The number of H-pyrrole nitrogens is 1. The van der Waals surface area contributed by atoms with E-state index in [0.29, 0.717) is 24.6 Å². The molecule has 0 fully saturated rings. The van der Waals surface area contributed by atoms with Crippen LogP contribution in [0, 0.1) is 13.8 Å². The molecule has 0 bridgehead atoms. The maximum Gasteiger partial charge on any atom is 0.433 e. The van der Waals surface area contributed by atoms with E-state index in [1.807, 2.05) is 12.0 Å². The SMILES string of the molecule is Cc1cnc2c(c1)N(C(=O)c1n[nH]c(C(F)(F)F)c1C)CCN2. The van der Waals surface area contributed by atoms with Crippen molar-refractivity contribution >= 4 is 17.4 Å². The number of aryl methyl sites for hydroxylation is 1. The maximum atomic E-state index is 12.8. The van der Waals surface area contributed by atoms with Crippen molar-refractivity contribution in [3.8, 4) is 0 Å². The quantitative estimate of drug-likeness (QED) is 0.845. The van der Waals surface area contributed by atoms with E-state index in [1.165, 1.54) is 11.8 Å². The summed E-state index contributed by atoms with van der Waals surface area (Å²) in [5, 5.41) is 8.55. The third-order valence-corrected chi connectivity index (χ3v) is 3.66. The molecule has 0 spiro atoms. The predicted octanol–water partition coefficient (Wildman–Crippen LogP) is 2.51. The Balaban J connectivity index is 2.00. The van der Waals surface area contributed by atoms with E-state index in [0.717, 1.165) is 5.56 Å². The van der Waals surface area contributed by atoms with Gasteiger partial charge in [0.05, 0.1) is 5.69 Å². The molecule has 3 rings (SSSR count). The minimum absolute atomic E-state index is 0.205. The Bertz CT molecular complexity index is 768. The van der Waals surface area contributed by atoms with Crippen molar-refractivity contribution in [2.24, 2.45) is 0 Å². The number of nitrogens with one attached hydrogen (secondary N) is 2. The molecule has 0 atom stereocenters. The zero-order valence-corrected chi connectivity index (χ0v) is 12.5. The molecule has 122 valence electrons. The van der Waals surface area contributed by atoms with Crippen molar-refractivity contribution in [3.63, 3.8) is 0 Å². The highest BCUT2D eigenvalue weighted by Gasteiger charge is 2.38. The van der Waals surface area contributed by atoms with Crippen LogP contribution in [0.15, 0.2) is 12.3 Å². The van der Waals surface area contributed by atoms with Gasteiger partial charge < -0.3 is 10.2 Å². The van der Waals surface area contributed by atoms with Crippen LogP contribution in [0.3, 0.4) is 0 Å². The van der Waals surface area contributed by atoms with Gasteiger partial charge in [-0.2, -0.15) is 18.3 Å². The van der Waals surface area contributed by atoms with Gasteiger partial charge in [-0.05, 0) is 25.5 Å². The Morgan fingerprint density at radius 2 is 2.09 bits per heavy atom. The number of hydrogen-bond donors (Lipinski definition) is 2. The summed E-state index contributed by atoms with van der Waals surface area (Å²) in [7, 11) is 0. The summed E-state index contributed by atoms with van der Waals surface area (Å²) in [5.74, 6) is -0.0520. The van der Waals surface area contributed by atoms with E-state index in [1.54, 1.807) is 12.3 Å². The Labute approximate surface area is 129 Å². The molecule has 0 saturated heterocycles. The molecule has 2 N–H and O–H groups in total. The van der Waals surface area contributed by atoms with Crippen LogP contribution in [0.25, 0.3) is 0 Å². The lowest BCUT2D eigenvalue weighted by molar-refractivity contribution is -0.141. The van der Waals surface area contributed by atoms with Gasteiger partial charge >= 0.3 is 6.18 Å². The predicted molar refractivity (Wildman–Crippen MR) is 77.5 cm³/mol. The van der Waals surface area contributed by atoms with Crippen molar-refractivity contribution in [2.75, 3.05) is 23.3 Å². The lowest BCUT2D eigenvalue weighted by Gasteiger charge is -2.29. The molecule has 6 nitrogen and oxygen atoms in total. The fourth-order valence-electron chi connectivity index (χ4n) is 2.52. The summed E-state index contributed by atoms with van der Waals surface area (Å²) in [6.07, 6.45) is -2.92. The molecule has 3 heterocycles. The molecule has 0 radical (unpaired) electrons. The zero-order valence-electron chi connectivity index (χ0n) is 12.5. The lowest BCUT2D eigenvalue weighted by atomic mass is 10.1. The number of anilines is 2. The largest absolute Gasteiger partial charge is 0.433 e. The molecule has 23 heavy (non-hydrogen) atoms. The summed E-state index contributed by atoms with van der Waals surface area (Å²) in [4.78, 5) is 18.3. The first-order valence-electron chi connectivity index (χ1n) is 6.93. The van der Waals surface area contributed by atoms with Crippen molar-refractivity contribution < 1.29 is 18.0 Å². The molecule has 2 aromatic heterocycles. The van der Waals surface area contributed by atoms with Gasteiger partial charge in [-0.1, -0.05) is 0 Å². The van der Waals surface area contributed by atoms with Crippen LogP contribution in [-0.2, 0) is 6.18 Å². The van der Waals surface area contributed by atoms with Crippen molar-refractivity contribution in [1.29, 1.82) is 0 Å². The summed E-state index contributed by atoms with van der Waals surface area (Å²) >= 11 is 0. The Morgan fingerprint density at radius 1 is 1.35 bits per heavy atom. The number of pyridine rings is 1. The molecule has 0 unspecified atom stereocenters. The summed E-state index contributed by atoms with van der Waals surface area (Å²) in [6.45, 7) is 3.85. The molecule has 0 aliphatic carbocycles. The number of alkyl halides is 3. The van der Waals surface area contributed by atoms with Crippen LogP contribution < -0.4 is 10.2 Å². The standard InChI is InChI=1S/C14H14F3N5O/c1-7-5-9-12(19-6-7)18-3-4-22(9)13(23)10-8(2)11(21-20-10)14(15,16)17/h5-6H,3-4H2,1-2H3,(H,18,19)(H,20,21). The van der Waals surface area contributed by atoms with Crippen LogP contribution in [0.5, 0.6) is 0 Å². The second-order valence-corrected chi connectivity index (χ2v) is 5.33. The molecular weight excluding hydrogens is 311 g/mol. The Morgan fingerprint density at radius 3 is 2.74 bits per heavy atom. The van der Waals surface area contributed by atoms with E-state index < -0.39 is 17.8 Å². The molecule has 2 aromatic rings. The number of carbonyl (C=O) groups excluding carboxylic acids is 1. The molecule has 1 aliphatic heterocycles. The third kappa shape index (κ3) is 2.62. The fourth-order valence-corrected chi connectivity index (χ4v) is 2.52. The molecule has 1 amide bonds. The smallest absolute Gasteiger partial charge is 0.367 e. The first-order chi connectivity index (χ1) is 10.8. The fraction of sp³-hybridized carbons (Fsp3) is 0.357. The first kappa shape index (κ1) is 15.3. The third-order valence-electron chi connectivity index (χ3n) is 3.66. The topological polar surface area (TPSA) is 73.9 Å². The van der Waals surface area contributed by atoms with Gasteiger partial charge in [0.25, 0.3) is 5.91 Å². The lowest BCUT2D eigenvalue weighted by Crippen LogP contribution is -2.39. The highest BCUT2D eigenvalue weighted by molar-refractivity contribution is 6.07. The average molecular weight is 325 g/mol. The van der Waals surface area contributed by atoms with Crippen LogP contribution in [-0.4, -0.2) is 34.2 Å².